The van der Waals surface area contributed by atoms with E-state index in [1.165, 1.54) is 53.9 Å². The molecule has 3 aromatic rings. The first-order valence-electron chi connectivity index (χ1n) is 11.0. The average Bonchev–Trinajstić information content (AvgIpc) is 3.06. The molecule has 5 rings (SSSR count). The molecular weight excluding hydrogens is 352 g/mol. The Kier molecular flexibility index (Phi) is 4.79. The van der Waals surface area contributed by atoms with Gasteiger partial charge in [-0.1, -0.05) is 60.7 Å². The molecule has 1 atom stereocenters. The molecule has 3 aromatic carbocycles. The van der Waals surface area contributed by atoms with Gasteiger partial charge in [-0.05, 0) is 74.8 Å². The molecule has 1 heterocycles. The number of benzene rings is 3. The maximum Gasteiger partial charge on any atom is 0.104 e. The molecule has 0 aromatic heterocycles. The predicted octanol–water partition coefficient (Wildman–Crippen LogP) is 7.03. The second-order valence-electron chi connectivity index (χ2n) is 8.60. The van der Waals surface area contributed by atoms with Crippen LogP contribution in [-0.4, -0.2) is 12.2 Å². The van der Waals surface area contributed by atoms with E-state index in [9.17, 15) is 0 Å². The third-order valence-electron chi connectivity index (χ3n) is 6.93. The Balaban J connectivity index is 1.42. The molecule has 1 unspecified atom stereocenters. The minimum absolute atomic E-state index is 0.340. The zero-order valence-electron chi connectivity index (χ0n) is 17.5. The summed E-state index contributed by atoms with van der Waals surface area (Å²) in [6.07, 6.45) is 5.43. The third-order valence-corrected chi connectivity index (χ3v) is 6.93. The van der Waals surface area contributed by atoms with Crippen molar-refractivity contribution in [3.63, 3.8) is 0 Å². The zero-order chi connectivity index (χ0) is 19.8. The molecule has 0 radical (unpaired) electrons. The van der Waals surface area contributed by atoms with Crippen molar-refractivity contribution in [2.75, 3.05) is 9.80 Å². The highest BCUT2D eigenvalue weighted by Gasteiger charge is 2.39. The first-order chi connectivity index (χ1) is 14.2. The monoisotopic (exact) mass is 382 g/mol. The van der Waals surface area contributed by atoms with Crippen molar-refractivity contribution >= 4 is 17.1 Å². The first-order valence-corrected chi connectivity index (χ1v) is 11.0. The number of hydrogen-bond donors (Lipinski definition) is 0. The van der Waals surface area contributed by atoms with Gasteiger partial charge in [-0.15, -0.1) is 0 Å². The number of anilines is 3. The van der Waals surface area contributed by atoms with E-state index < -0.39 is 0 Å². The Hall–Kier alpha value is -2.74. The number of nitrogens with zero attached hydrogens (tertiary/aromatic N) is 2. The fraction of sp³-hybridized carbons (Fsp3) is 0.333. The third kappa shape index (κ3) is 3.21. The van der Waals surface area contributed by atoms with Gasteiger partial charge in [0.2, 0.25) is 0 Å². The SMILES string of the molecule is Cc1ccccc1N1c2ccccc2N(C2CCC(c3ccccc3)CC2)C1C. The molecule has 0 amide bonds. The Labute approximate surface area is 174 Å². The Bertz CT molecular complexity index is 973. The number of rotatable bonds is 3. The number of para-hydroxylation sites is 3. The summed E-state index contributed by atoms with van der Waals surface area (Å²) < 4.78 is 0. The second-order valence-corrected chi connectivity index (χ2v) is 8.60. The second kappa shape index (κ2) is 7.59. The van der Waals surface area contributed by atoms with E-state index in [4.69, 9.17) is 0 Å². The van der Waals surface area contributed by atoms with Crippen LogP contribution in [0.5, 0.6) is 0 Å². The van der Waals surface area contributed by atoms with E-state index in [-0.39, 0.29) is 0 Å². The molecule has 1 aliphatic heterocycles. The molecule has 1 saturated carbocycles. The summed E-state index contributed by atoms with van der Waals surface area (Å²) in [4.78, 5) is 5.23. The lowest BCUT2D eigenvalue weighted by atomic mass is 9.81. The molecule has 148 valence electrons. The lowest BCUT2D eigenvalue weighted by Gasteiger charge is -2.40. The molecule has 1 fully saturated rings. The maximum absolute atomic E-state index is 2.70. The topological polar surface area (TPSA) is 6.48 Å². The lowest BCUT2D eigenvalue weighted by Crippen LogP contribution is -2.46. The van der Waals surface area contributed by atoms with Crippen LogP contribution in [0, 0.1) is 6.92 Å². The van der Waals surface area contributed by atoms with E-state index >= 15 is 0 Å². The van der Waals surface area contributed by atoms with Crippen molar-refractivity contribution in [2.45, 2.75) is 57.7 Å². The van der Waals surface area contributed by atoms with Gasteiger partial charge in [0.25, 0.3) is 0 Å². The largest absolute Gasteiger partial charge is 0.346 e. The van der Waals surface area contributed by atoms with E-state index in [1.54, 1.807) is 0 Å². The Morgan fingerprint density at radius 2 is 1.24 bits per heavy atom. The molecular formula is C27H30N2. The normalized spacial score (nSPS) is 23.9. The molecule has 29 heavy (non-hydrogen) atoms. The first kappa shape index (κ1) is 18.3. The highest BCUT2D eigenvalue weighted by molar-refractivity contribution is 5.84. The minimum Gasteiger partial charge on any atom is -0.346 e. The number of hydrogen-bond acceptors (Lipinski definition) is 2. The van der Waals surface area contributed by atoms with Crippen molar-refractivity contribution in [1.29, 1.82) is 0 Å². The molecule has 0 saturated heterocycles. The van der Waals surface area contributed by atoms with Gasteiger partial charge in [0, 0.05) is 11.7 Å². The number of aryl methyl sites for hydroxylation is 1. The van der Waals surface area contributed by atoms with Crippen molar-refractivity contribution in [3.05, 3.63) is 90.0 Å². The van der Waals surface area contributed by atoms with Crippen LogP contribution in [0.4, 0.5) is 17.1 Å². The average molecular weight is 383 g/mol. The highest BCUT2D eigenvalue weighted by atomic mass is 15.4. The van der Waals surface area contributed by atoms with Crippen LogP contribution in [0.15, 0.2) is 78.9 Å². The zero-order valence-corrected chi connectivity index (χ0v) is 17.5. The quantitative estimate of drug-likeness (QED) is 0.480. The summed E-state index contributed by atoms with van der Waals surface area (Å²) in [5, 5.41) is 0. The van der Waals surface area contributed by atoms with Crippen LogP contribution in [0.2, 0.25) is 0 Å². The van der Waals surface area contributed by atoms with Crippen LogP contribution >= 0.6 is 0 Å². The van der Waals surface area contributed by atoms with Gasteiger partial charge in [0.1, 0.15) is 6.17 Å². The fourth-order valence-corrected chi connectivity index (χ4v) is 5.49. The van der Waals surface area contributed by atoms with E-state index in [1.807, 2.05) is 0 Å². The van der Waals surface area contributed by atoms with Crippen molar-refractivity contribution in [2.24, 2.45) is 0 Å². The number of fused-ring (bicyclic) bond motifs is 1. The molecule has 2 nitrogen and oxygen atoms in total. The fourth-order valence-electron chi connectivity index (χ4n) is 5.49. The highest BCUT2D eigenvalue weighted by Crippen LogP contribution is 2.48. The van der Waals surface area contributed by atoms with Crippen molar-refractivity contribution in [1.82, 2.24) is 0 Å². The van der Waals surface area contributed by atoms with Gasteiger partial charge in [-0.2, -0.15) is 0 Å². The van der Waals surface area contributed by atoms with E-state index in [0.29, 0.717) is 18.1 Å². The summed E-state index contributed by atoms with van der Waals surface area (Å²) in [6.45, 7) is 4.59. The molecule has 2 heteroatoms. The molecule has 2 aliphatic rings. The van der Waals surface area contributed by atoms with Gasteiger partial charge in [-0.25, -0.2) is 0 Å². The molecule has 0 spiro atoms. The predicted molar refractivity (Wildman–Crippen MR) is 123 cm³/mol. The Morgan fingerprint density at radius 3 is 1.93 bits per heavy atom. The lowest BCUT2D eigenvalue weighted by molar-refractivity contribution is 0.366. The van der Waals surface area contributed by atoms with Crippen LogP contribution in [-0.2, 0) is 0 Å². The van der Waals surface area contributed by atoms with Gasteiger partial charge in [-0.3, -0.25) is 0 Å². The van der Waals surface area contributed by atoms with Crippen LogP contribution in [0.1, 0.15) is 49.7 Å². The van der Waals surface area contributed by atoms with Gasteiger partial charge < -0.3 is 9.80 Å². The summed E-state index contributed by atoms with van der Waals surface area (Å²) in [5.41, 5.74) is 6.92. The molecule has 0 N–H and O–H groups in total. The van der Waals surface area contributed by atoms with E-state index in [2.05, 4.69) is 103 Å². The summed E-state index contributed by atoms with van der Waals surface area (Å²) in [5.74, 6) is 0.716. The van der Waals surface area contributed by atoms with Crippen LogP contribution in [0.25, 0.3) is 0 Å². The summed E-state index contributed by atoms with van der Waals surface area (Å²) in [6, 6.07) is 29.4. The Morgan fingerprint density at radius 1 is 0.655 bits per heavy atom. The van der Waals surface area contributed by atoms with Crippen LogP contribution in [0.3, 0.4) is 0 Å². The summed E-state index contributed by atoms with van der Waals surface area (Å²) >= 11 is 0. The molecule has 1 aliphatic carbocycles. The van der Waals surface area contributed by atoms with Crippen molar-refractivity contribution in [3.8, 4) is 0 Å². The summed E-state index contributed by atoms with van der Waals surface area (Å²) in [7, 11) is 0. The van der Waals surface area contributed by atoms with E-state index in [0.717, 1.165) is 0 Å². The maximum atomic E-state index is 2.70. The molecule has 0 bridgehead atoms. The van der Waals surface area contributed by atoms with Gasteiger partial charge >= 0.3 is 0 Å². The van der Waals surface area contributed by atoms with Gasteiger partial charge in [0.15, 0.2) is 0 Å². The van der Waals surface area contributed by atoms with Crippen molar-refractivity contribution < 1.29 is 0 Å². The van der Waals surface area contributed by atoms with Gasteiger partial charge in [0.05, 0.1) is 11.4 Å². The van der Waals surface area contributed by atoms with Crippen LogP contribution < -0.4 is 9.80 Å². The standard InChI is InChI=1S/C27H30N2/c1-20-10-6-7-13-25(20)29-21(2)28(26-14-8-9-15-27(26)29)24-18-16-23(17-19-24)22-11-4-3-5-12-22/h3-15,21,23-24H,16-19H2,1-2H3. The minimum atomic E-state index is 0.340. The smallest absolute Gasteiger partial charge is 0.104 e.